The van der Waals surface area contributed by atoms with Gasteiger partial charge in [-0.15, -0.1) is 0 Å². The summed E-state index contributed by atoms with van der Waals surface area (Å²) in [6.07, 6.45) is 3.94. The van der Waals surface area contributed by atoms with E-state index in [-0.39, 0.29) is 6.04 Å². The second kappa shape index (κ2) is 6.89. The Morgan fingerprint density at radius 1 is 1.29 bits per heavy atom. The molecule has 1 aromatic heterocycles. The molecule has 2 rings (SSSR count). The van der Waals surface area contributed by atoms with Gasteiger partial charge in [0.2, 0.25) is 10.0 Å². The zero-order chi connectivity index (χ0) is 15.5. The molecule has 1 aliphatic rings. The van der Waals surface area contributed by atoms with Crippen molar-refractivity contribution < 1.29 is 8.42 Å². The van der Waals surface area contributed by atoms with Crippen molar-refractivity contribution >= 4 is 10.0 Å². The maximum absolute atomic E-state index is 12.4. The van der Waals surface area contributed by atoms with E-state index in [1.54, 1.807) is 6.92 Å². The summed E-state index contributed by atoms with van der Waals surface area (Å²) in [6.45, 7) is 8.41. The Morgan fingerprint density at radius 3 is 2.62 bits per heavy atom. The first-order chi connectivity index (χ1) is 9.95. The van der Waals surface area contributed by atoms with E-state index in [4.69, 9.17) is 0 Å². The van der Waals surface area contributed by atoms with Crippen LogP contribution in [0.5, 0.6) is 0 Å². The van der Waals surface area contributed by atoms with E-state index in [1.807, 2.05) is 11.6 Å². The third-order valence-electron chi connectivity index (χ3n) is 3.63. The van der Waals surface area contributed by atoms with Gasteiger partial charge in [0.25, 0.3) is 0 Å². The Hall–Kier alpha value is -0.920. The summed E-state index contributed by atoms with van der Waals surface area (Å²) in [5, 5.41) is 7.73. The molecule has 0 spiro atoms. The van der Waals surface area contributed by atoms with Gasteiger partial charge in [0, 0.05) is 12.6 Å². The highest BCUT2D eigenvalue weighted by molar-refractivity contribution is 7.89. The topological polar surface area (TPSA) is 76.0 Å². The number of aromatic nitrogens is 2. The van der Waals surface area contributed by atoms with E-state index in [0.29, 0.717) is 10.6 Å². The van der Waals surface area contributed by atoms with Crippen molar-refractivity contribution in [3.05, 3.63) is 11.4 Å². The number of nitrogens with zero attached hydrogens (tertiary/aromatic N) is 2. The lowest BCUT2D eigenvalue weighted by molar-refractivity contribution is 0.530. The largest absolute Gasteiger partial charge is 0.317 e. The van der Waals surface area contributed by atoms with E-state index in [0.717, 1.165) is 51.0 Å². The Labute approximate surface area is 127 Å². The zero-order valence-corrected chi connectivity index (χ0v) is 14.0. The fraction of sp³-hybridized carbons (Fsp3) is 0.786. The molecule has 1 heterocycles. The highest BCUT2D eigenvalue weighted by Gasteiger charge is 2.31. The van der Waals surface area contributed by atoms with E-state index in [2.05, 4.69) is 22.1 Å². The van der Waals surface area contributed by atoms with Crippen molar-refractivity contribution in [2.24, 2.45) is 0 Å². The maximum atomic E-state index is 12.4. The van der Waals surface area contributed by atoms with Gasteiger partial charge in [-0.05, 0) is 52.6 Å². The van der Waals surface area contributed by atoms with E-state index < -0.39 is 10.0 Å². The van der Waals surface area contributed by atoms with Gasteiger partial charge in [-0.2, -0.15) is 5.10 Å². The molecule has 1 aromatic rings. The lowest BCUT2D eigenvalue weighted by Gasteiger charge is -2.07. The third kappa shape index (κ3) is 4.28. The molecule has 0 radical (unpaired) electrons. The second-order valence-electron chi connectivity index (χ2n) is 5.72. The van der Waals surface area contributed by atoms with Crippen LogP contribution in [0.2, 0.25) is 0 Å². The maximum Gasteiger partial charge on any atom is 0.244 e. The first-order valence-corrected chi connectivity index (χ1v) is 9.21. The van der Waals surface area contributed by atoms with Crippen molar-refractivity contribution in [2.45, 2.75) is 63.9 Å². The van der Waals surface area contributed by atoms with Gasteiger partial charge in [0.1, 0.15) is 4.90 Å². The van der Waals surface area contributed by atoms with Gasteiger partial charge in [0.05, 0.1) is 11.4 Å². The van der Waals surface area contributed by atoms with Crippen LogP contribution < -0.4 is 10.0 Å². The monoisotopic (exact) mass is 314 g/mol. The summed E-state index contributed by atoms with van der Waals surface area (Å²) >= 11 is 0. The number of nitrogens with one attached hydrogen (secondary N) is 2. The van der Waals surface area contributed by atoms with Gasteiger partial charge in [0.15, 0.2) is 0 Å². The minimum atomic E-state index is -3.43. The highest BCUT2D eigenvalue weighted by Crippen LogP contribution is 2.25. The summed E-state index contributed by atoms with van der Waals surface area (Å²) < 4.78 is 29.3. The predicted molar refractivity (Wildman–Crippen MR) is 82.8 cm³/mol. The molecule has 0 atom stereocenters. The summed E-state index contributed by atoms with van der Waals surface area (Å²) in [5.74, 6) is 0. The molecule has 2 N–H and O–H groups in total. The molecule has 0 saturated heterocycles. The van der Waals surface area contributed by atoms with Gasteiger partial charge in [-0.1, -0.05) is 6.92 Å². The lowest BCUT2D eigenvalue weighted by Crippen LogP contribution is -2.26. The van der Waals surface area contributed by atoms with Crippen LogP contribution in [-0.2, 0) is 16.6 Å². The van der Waals surface area contributed by atoms with Crippen LogP contribution in [0.25, 0.3) is 0 Å². The molecule has 1 aliphatic carbocycles. The molecule has 0 amide bonds. The molecule has 0 bridgehead atoms. The van der Waals surface area contributed by atoms with E-state index in [9.17, 15) is 8.42 Å². The first-order valence-electron chi connectivity index (χ1n) is 7.72. The molecule has 1 saturated carbocycles. The molecule has 6 nitrogen and oxygen atoms in total. The van der Waals surface area contributed by atoms with Gasteiger partial charge in [-0.25, -0.2) is 13.1 Å². The van der Waals surface area contributed by atoms with Crippen LogP contribution >= 0.6 is 0 Å². The van der Waals surface area contributed by atoms with Crippen molar-refractivity contribution in [1.82, 2.24) is 19.8 Å². The third-order valence-corrected chi connectivity index (χ3v) is 5.41. The molecule has 0 aliphatic heterocycles. The zero-order valence-electron chi connectivity index (χ0n) is 13.1. The minimum absolute atomic E-state index is 0.121. The van der Waals surface area contributed by atoms with Crippen LogP contribution in [0.4, 0.5) is 0 Å². The predicted octanol–water partition coefficient (Wildman–Crippen LogP) is 1.33. The number of hydrogen-bond acceptors (Lipinski definition) is 4. The van der Waals surface area contributed by atoms with Gasteiger partial charge >= 0.3 is 0 Å². The average Bonchev–Trinajstić information content (AvgIpc) is 3.14. The normalized spacial score (nSPS) is 15.6. The smallest absolute Gasteiger partial charge is 0.244 e. The first kappa shape index (κ1) is 16.5. The Kier molecular flexibility index (Phi) is 5.40. The van der Waals surface area contributed by atoms with E-state index in [1.165, 1.54) is 0 Å². The number of sulfonamides is 1. The van der Waals surface area contributed by atoms with Gasteiger partial charge in [-0.3, -0.25) is 4.68 Å². The standard InChI is InChI=1S/C14H26N4O2S/c1-4-8-15-9-5-10-18-12(3)14(11(2)16-18)21(19,20)17-13-6-7-13/h13,15,17H,4-10H2,1-3H3. The quantitative estimate of drug-likeness (QED) is 0.674. The summed E-state index contributed by atoms with van der Waals surface area (Å²) in [6, 6.07) is 0.121. The summed E-state index contributed by atoms with van der Waals surface area (Å²) in [4.78, 5) is 0.357. The van der Waals surface area contributed by atoms with Crippen molar-refractivity contribution in [3.63, 3.8) is 0 Å². The van der Waals surface area contributed by atoms with E-state index >= 15 is 0 Å². The SMILES string of the molecule is CCCNCCCn1nc(C)c(S(=O)(=O)NC2CC2)c1C. The average molecular weight is 314 g/mol. The van der Waals surface area contributed by atoms with Crippen LogP contribution in [0.1, 0.15) is 44.0 Å². The molecular formula is C14H26N4O2S. The number of rotatable bonds is 9. The lowest BCUT2D eigenvalue weighted by atomic mass is 10.3. The number of hydrogen-bond donors (Lipinski definition) is 2. The Morgan fingerprint density at radius 2 is 2.00 bits per heavy atom. The fourth-order valence-electron chi connectivity index (χ4n) is 2.42. The Bertz CT molecular complexity index is 576. The highest BCUT2D eigenvalue weighted by atomic mass is 32.2. The molecule has 120 valence electrons. The molecule has 0 aromatic carbocycles. The molecule has 0 unspecified atom stereocenters. The van der Waals surface area contributed by atoms with Crippen molar-refractivity contribution in [3.8, 4) is 0 Å². The summed E-state index contributed by atoms with van der Waals surface area (Å²) in [5.41, 5.74) is 1.32. The molecule has 1 fully saturated rings. The fourth-order valence-corrected chi connectivity index (χ4v) is 4.14. The number of aryl methyl sites for hydroxylation is 2. The van der Waals surface area contributed by atoms with Crippen molar-refractivity contribution in [2.75, 3.05) is 13.1 Å². The van der Waals surface area contributed by atoms with Crippen LogP contribution in [0.15, 0.2) is 4.90 Å². The Balaban J connectivity index is 2.03. The summed E-state index contributed by atoms with van der Waals surface area (Å²) in [7, 11) is -3.43. The van der Waals surface area contributed by atoms with Gasteiger partial charge < -0.3 is 5.32 Å². The molecular weight excluding hydrogens is 288 g/mol. The van der Waals surface area contributed by atoms with Crippen LogP contribution in [0, 0.1) is 13.8 Å². The molecule has 7 heteroatoms. The second-order valence-corrected chi connectivity index (χ2v) is 7.37. The minimum Gasteiger partial charge on any atom is -0.317 e. The van der Waals surface area contributed by atoms with Crippen LogP contribution in [0.3, 0.4) is 0 Å². The van der Waals surface area contributed by atoms with Crippen LogP contribution in [-0.4, -0.2) is 37.3 Å². The van der Waals surface area contributed by atoms with Crippen molar-refractivity contribution in [1.29, 1.82) is 0 Å². The molecule has 21 heavy (non-hydrogen) atoms.